The van der Waals surface area contributed by atoms with Crippen LogP contribution in [0.25, 0.3) is 0 Å². The van der Waals surface area contributed by atoms with Crippen LogP contribution >= 0.6 is 0 Å². The molecule has 0 saturated heterocycles. The van der Waals surface area contributed by atoms with Crippen LogP contribution in [0.2, 0.25) is 0 Å². The van der Waals surface area contributed by atoms with Crippen molar-refractivity contribution in [1.82, 2.24) is 4.98 Å². The highest BCUT2D eigenvalue weighted by Gasteiger charge is 2.05. The van der Waals surface area contributed by atoms with Crippen molar-refractivity contribution in [2.45, 2.75) is 26.9 Å². The summed E-state index contributed by atoms with van der Waals surface area (Å²) in [6, 6.07) is 3.93. The van der Waals surface area contributed by atoms with E-state index in [0.717, 1.165) is 11.4 Å². The van der Waals surface area contributed by atoms with E-state index in [1.54, 1.807) is 0 Å². The third-order valence-corrected chi connectivity index (χ3v) is 1.62. The Balaban J connectivity index is 2.94. The second-order valence-electron chi connectivity index (χ2n) is 3.22. The van der Waals surface area contributed by atoms with Crippen molar-refractivity contribution >= 4 is 5.69 Å². The monoisotopic (exact) mass is 180 g/mol. The summed E-state index contributed by atoms with van der Waals surface area (Å²) in [7, 11) is 1.86. The minimum absolute atomic E-state index is 0.154. The van der Waals surface area contributed by atoms with E-state index in [1.165, 1.54) is 0 Å². The fourth-order valence-corrected chi connectivity index (χ4v) is 1.04. The first kappa shape index (κ1) is 9.84. The van der Waals surface area contributed by atoms with Gasteiger partial charge in [-0.25, -0.2) is 4.98 Å². The minimum Gasteiger partial charge on any atom is -0.473 e. The van der Waals surface area contributed by atoms with Crippen LogP contribution in [-0.4, -0.2) is 18.1 Å². The zero-order valence-electron chi connectivity index (χ0n) is 8.59. The molecule has 0 aromatic carbocycles. The second-order valence-corrected chi connectivity index (χ2v) is 3.22. The molecule has 0 radical (unpaired) electrons. The molecule has 0 unspecified atom stereocenters. The molecule has 0 fully saturated rings. The number of aryl methyl sites for hydroxylation is 1. The molecule has 1 aromatic rings. The van der Waals surface area contributed by atoms with Crippen molar-refractivity contribution in [3.63, 3.8) is 0 Å². The van der Waals surface area contributed by atoms with E-state index in [1.807, 2.05) is 40.0 Å². The third-order valence-electron chi connectivity index (χ3n) is 1.62. The Morgan fingerprint density at radius 1 is 1.38 bits per heavy atom. The van der Waals surface area contributed by atoms with Crippen LogP contribution in [0.3, 0.4) is 0 Å². The highest BCUT2D eigenvalue weighted by atomic mass is 16.5. The van der Waals surface area contributed by atoms with Crippen LogP contribution < -0.4 is 10.1 Å². The number of pyridine rings is 1. The number of anilines is 1. The van der Waals surface area contributed by atoms with Gasteiger partial charge in [-0.1, -0.05) is 0 Å². The van der Waals surface area contributed by atoms with E-state index in [4.69, 9.17) is 4.74 Å². The maximum atomic E-state index is 5.54. The van der Waals surface area contributed by atoms with Crippen molar-refractivity contribution in [1.29, 1.82) is 0 Å². The molecule has 0 amide bonds. The normalized spacial score (nSPS) is 10.2. The van der Waals surface area contributed by atoms with E-state index in [9.17, 15) is 0 Å². The molecule has 72 valence electrons. The van der Waals surface area contributed by atoms with Crippen LogP contribution in [0, 0.1) is 6.92 Å². The molecule has 3 heteroatoms. The Labute approximate surface area is 79.1 Å². The van der Waals surface area contributed by atoms with Gasteiger partial charge in [0, 0.05) is 12.7 Å². The molecule has 0 saturated carbocycles. The molecule has 0 bridgehead atoms. The molecular weight excluding hydrogens is 164 g/mol. The summed E-state index contributed by atoms with van der Waals surface area (Å²) in [6.45, 7) is 5.93. The van der Waals surface area contributed by atoms with Crippen LogP contribution in [0.4, 0.5) is 5.69 Å². The van der Waals surface area contributed by atoms with Crippen molar-refractivity contribution in [2.24, 2.45) is 0 Å². The van der Waals surface area contributed by atoms with Crippen LogP contribution in [0.5, 0.6) is 5.88 Å². The molecule has 3 nitrogen and oxygen atoms in total. The van der Waals surface area contributed by atoms with Crippen LogP contribution in [-0.2, 0) is 0 Å². The number of ether oxygens (including phenoxy) is 1. The predicted octanol–water partition coefficient (Wildman–Crippen LogP) is 2.22. The summed E-state index contributed by atoms with van der Waals surface area (Å²) in [5.74, 6) is 0.678. The van der Waals surface area contributed by atoms with E-state index < -0.39 is 0 Å². The lowest BCUT2D eigenvalue weighted by Gasteiger charge is -2.12. The summed E-state index contributed by atoms with van der Waals surface area (Å²) in [5, 5.41) is 3.04. The Hall–Kier alpha value is -1.25. The van der Waals surface area contributed by atoms with Crippen molar-refractivity contribution in [3.05, 3.63) is 17.8 Å². The standard InChI is InChI=1S/C10H16N2O/c1-7(2)13-10-9(11-4)6-5-8(3)12-10/h5-7,11H,1-4H3. The van der Waals surface area contributed by atoms with Crippen molar-refractivity contribution in [3.8, 4) is 5.88 Å². The SMILES string of the molecule is CNc1ccc(C)nc1OC(C)C. The zero-order valence-corrected chi connectivity index (χ0v) is 8.59. The predicted molar refractivity (Wildman–Crippen MR) is 54.3 cm³/mol. The van der Waals surface area contributed by atoms with Gasteiger partial charge in [-0.05, 0) is 32.9 Å². The van der Waals surface area contributed by atoms with E-state index in [-0.39, 0.29) is 6.10 Å². The Bertz CT molecular complexity index is 284. The smallest absolute Gasteiger partial charge is 0.237 e. The third kappa shape index (κ3) is 2.61. The molecule has 0 aliphatic rings. The van der Waals surface area contributed by atoms with Gasteiger partial charge in [0.25, 0.3) is 0 Å². The summed E-state index contributed by atoms with van der Waals surface area (Å²) in [6.07, 6.45) is 0.154. The summed E-state index contributed by atoms with van der Waals surface area (Å²) in [5.41, 5.74) is 1.90. The zero-order chi connectivity index (χ0) is 9.84. The average molecular weight is 180 g/mol. The van der Waals surface area contributed by atoms with Crippen molar-refractivity contribution in [2.75, 3.05) is 12.4 Å². The molecule has 0 atom stereocenters. The van der Waals surface area contributed by atoms with Crippen molar-refractivity contribution < 1.29 is 4.74 Å². The number of nitrogens with zero attached hydrogens (tertiary/aromatic N) is 1. The number of hydrogen-bond acceptors (Lipinski definition) is 3. The van der Waals surface area contributed by atoms with Gasteiger partial charge in [-0.3, -0.25) is 0 Å². The quantitative estimate of drug-likeness (QED) is 0.774. The number of hydrogen-bond donors (Lipinski definition) is 1. The highest BCUT2D eigenvalue weighted by molar-refractivity contribution is 5.52. The lowest BCUT2D eigenvalue weighted by molar-refractivity contribution is 0.233. The first-order valence-corrected chi connectivity index (χ1v) is 4.45. The summed E-state index contributed by atoms with van der Waals surface area (Å²) < 4.78 is 5.54. The van der Waals surface area contributed by atoms with Gasteiger partial charge in [0.15, 0.2) is 0 Å². The lowest BCUT2D eigenvalue weighted by atomic mass is 10.3. The van der Waals surface area contributed by atoms with E-state index >= 15 is 0 Å². The number of rotatable bonds is 3. The van der Waals surface area contributed by atoms with Gasteiger partial charge in [-0.15, -0.1) is 0 Å². The van der Waals surface area contributed by atoms with Gasteiger partial charge in [-0.2, -0.15) is 0 Å². The Kier molecular flexibility index (Phi) is 3.12. The largest absolute Gasteiger partial charge is 0.473 e. The molecule has 1 rings (SSSR count). The molecule has 1 heterocycles. The van der Waals surface area contributed by atoms with Gasteiger partial charge in [0.1, 0.15) is 0 Å². The minimum atomic E-state index is 0.154. The topological polar surface area (TPSA) is 34.2 Å². The maximum absolute atomic E-state index is 5.54. The molecule has 0 aliphatic heterocycles. The van der Waals surface area contributed by atoms with E-state index in [2.05, 4.69) is 10.3 Å². The summed E-state index contributed by atoms with van der Waals surface area (Å²) in [4.78, 5) is 4.30. The first-order valence-electron chi connectivity index (χ1n) is 4.45. The maximum Gasteiger partial charge on any atom is 0.237 e. The molecule has 1 N–H and O–H groups in total. The first-order chi connectivity index (χ1) is 6.13. The Morgan fingerprint density at radius 3 is 2.62 bits per heavy atom. The Morgan fingerprint density at radius 2 is 2.08 bits per heavy atom. The van der Waals surface area contributed by atoms with Crippen LogP contribution in [0.15, 0.2) is 12.1 Å². The average Bonchev–Trinajstić information content (AvgIpc) is 2.03. The van der Waals surface area contributed by atoms with Gasteiger partial charge >= 0.3 is 0 Å². The molecular formula is C10H16N2O. The fourth-order valence-electron chi connectivity index (χ4n) is 1.04. The molecule has 0 spiro atoms. The lowest BCUT2D eigenvalue weighted by Crippen LogP contribution is -2.09. The fraction of sp³-hybridized carbons (Fsp3) is 0.500. The van der Waals surface area contributed by atoms with Gasteiger partial charge in [0.2, 0.25) is 5.88 Å². The summed E-state index contributed by atoms with van der Waals surface area (Å²) >= 11 is 0. The van der Waals surface area contributed by atoms with Crippen LogP contribution in [0.1, 0.15) is 19.5 Å². The number of nitrogens with one attached hydrogen (secondary N) is 1. The number of aromatic nitrogens is 1. The van der Waals surface area contributed by atoms with E-state index in [0.29, 0.717) is 5.88 Å². The molecule has 0 aliphatic carbocycles. The molecule has 13 heavy (non-hydrogen) atoms. The van der Waals surface area contributed by atoms with Gasteiger partial charge in [0.05, 0.1) is 11.8 Å². The second kappa shape index (κ2) is 4.12. The van der Waals surface area contributed by atoms with Gasteiger partial charge < -0.3 is 10.1 Å². The molecule has 1 aromatic heterocycles. The highest BCUT2D eigenvalue weighted by Crippen LogP contribution is 2.22.